The highest BCUT2D eigenvalue weighted by Crippen LogP contribution is 2.29. The van der Waals surface area contributed by atoms with Gasteiger partial charge in [0.2, 0.25) is 5.91 Å². The zero-order valence-electron chi connectivity index (χ0n) is 26.2. The molecular formula is C31H45F2N5O5. The average Bonchev–Trinajstić information content (AvgIpc) is 3.24. The number of carbonyl (C=O) groups is 3. The molecule has 1 unspecified atom stereocenters. The van der Waals surface area contributed by atoms with E-state index in [2.05, 4.69) is 4.98 Å². The molecule has 10 nitrogen and oxygen atoms in total. The van der Waals surface area contributed by atoms with Crippen molar-refractivity contribution in [3.05, 3.63) is 29.6 Å². The van der Waals surface area contributed by atoms with Crippen molar-refractivity contribution in [1.29, 1.82) is 0 Å². The smallest absolute Gasteiger partial charge is 0.410 e. The van der Waals surface area contributed by atoms with Crippen molar-refractivity contribution < 1.29 is 32.6 Å². The van der Waals surface area contributed by atoms with E-state index < -0.39 is 41.2 Å². The molecule has 2 aliphatic heterocycles. The Balaban J connectivity index is 1.71. The largest absolute Gasteiger partial charge is 0.444 e. The summed E-state index contributed by atoms with van der Waals surface area (Å²) in [7, 11) is 1.61. The van der Waals surface area contributed by atoms with Gasteiger partial charge in [0.05, 0.1) is 23.0 Å². The Kier molecular flexibility index (Phi) is 10.3. The first-order valence-electron chi connectivity index (χ1n) is 15.2. The Morgan fingerprint density at radius 3 is 2.37 bits per heavy atom. The number of halogens is 2. The fourth-order valence-corrected chi connectivity index (χ4v) is 5.69. The number of likely N-dealkylation sites (tertiary alicyclic amines) is 2. The molecule has 2 aliphatic rings. The molecule has 2 saturated heterocycles. The third kappa shape index (κ3) is 7.82. The topological polar surface area (TPSA) is 97.2 Å². The van der Waals surface area contributed by atoms with Crippen molar-refractivity contribution >= 4 is 28.9 Å². The van der Waals surface area contributed by atoms with Crippen LogP contribution in [-0.4, -0.2) is 100 Å². The second kappa shape index (κ2) is 13.6. The predicted molar refractivity (Wildman–Crippen MR) is 158 cm³/mol. The SMILES string of the molecule is COCCCCn1c(C(=O)N(CC(C)C)[C@H]2CC(C(=O)N3CCC3)CN(C(=O)OC(C)(C)C)C2)nc2cc(F)c(F)cc21. The van der Waals surface area contributed by atoms with Gasteiger partial charge in [0.25, 0.3) is 5.91 Å². The third-order valence-corrected chi connectivity index (χ3v) is 7.82. The van der Waals surface area contributed by atoms with Crippen LogP contribution in [0.5, 0.6) is 0 Å². The van der Waals surface area contributed by atoms with Gasteiger partial charge in [-0.25, -0.2) is 18.6 Å². The number of hydrogen-bond acceptors (Lipinski definition) is 6. The maximum atomic E-state index is 14.4. The Morgan fingerprint density at radius 2 is 1.77 bits per heavy atom. The first-order chi connectivity index (χ1) is 20.3. The van der Waals surface area contributed by atoms with Gasteiger partial charge in [-0.05, 0) is 52.4 Å². The third-order valence-electron chi connectivity index (χ3n) is 7.82. The van der Waals surface area contributed by atoms with E-state index in [9.17, 15) is 23.2 Å². The number of fused-ring (bicyclic) bond motifs is 1. The van der Waals surface area contributed by atoms with Crippen LogP contribution in [0.3, 0.4) is 0 Å². The van der Waals surface area contributed by atoms with Crippen LogP contribution in [0.25, 0.3) is 11.0 Å². The lowest BCUT2D eigenvalue weighted by Crippen LogP contribution is -2.59. The predicted octanol–water partition coefficient (Wildman–Crippen LogP) is 4.70. The van der Waals surface area contributed by atoms with Crippen LogP contribution in [0, 0.1) is 23.5 Å². The quantitative estimate of drug-likeness (QED) is 0.365. The van der Waals surface area contributed by atoms with Gasteiger partial charge in [0, 0.05) is 65.1 Å². The molecule has 4 rings (SSSR count). The van der Waals surface area contributed by atoms with Crippen molar-refractivity contribution in [2.75, 3.05) is 46.4 Å². The van der Waals surface area contributed by atoms with Crippen LogP contribution in [0.15, 0.2) is 12.1 Å². The van der Waals surface area contributed by atoms with E-state index in [1.165, 1.54) is 4.90 Å². The summed E-state index contributed by atoms with van der Waals surface area (Å²) >= 11 is 0. The number of carbonyl (C=O) groups excluding carboxylic acids is 3. The van der Waals surface area contributed by atoms with E-state index in [1.807, 2.05) is 13.8 Å². The summed E-state index contributed by atoms with van der Waals surface area (Å²) in [5.41, 5.74) is -0.218. The molecule has 0 bridgehead atoms. The van der Waals surface area contributed by atoms with Crippen LogP contribution in [0.1, 0.15) is 70.9 Å². The minimum absolute atomic E-state index is 0.0298. The Bertz CT molecular complexity index is 1320. The first kappa shape index (κ1) is 32.6. The Labute approximate surface area is 252 Å². The number of rotatable bonds is 10. The minimum atomic E-state index is -1.04. The van der Waals surface area contributed by atoms with Crippen molar-refractivity contribution in [3.63, 3.8) is 0 Å². The van der Waals surface area contributed by atoms with Crippen molar-refractivity contribution in [3.8, 4) is 0 Å². The van der Waals surface area contributed by atoms with Crippen LogP contribution in [-0.2, 0) is 20.8 Å². The van der Waals surface area contributed by atoms with Crippen molar-refractivity contribution in [2.45, 2.75) is 78.5 Å². The lowest BCUT2D eigenvalue weighted by molar-refractivity contribution is -0.141. The summed E-state index contributed by atoms with van der Waals surface area (Å²) < 4.78 is 41.0. The Hall–Kier alpha value is -3.28. The molecule has 238 valence electrons. The molecule has 43 heavy (non-hydrogen) atoms. The lowest BCUT2D eigenvalue weighted by Gasteiger charge is -2.44. The molecule has 12 heteroatoms. The number of unbranched alkanes of at least 4 members (excludes halogenated alkanes) is 1. The lowest BCUT2D eigenvalue weighted by atomic mass is 9.90. The monoisotopic (exact) mass is 605 g/mol. The number of aromatic nitrogens is 2. The molecule has 2 atom stereocenters. The highest BCUT2D eigenvalue weighted by molar-refractivity contribution is 5.95. The fourth-order valence-electron chi connectivity index (χ4n) is 5.69. The van der Waals surface area contributed by atoms with Gasteiger partial charge in [0.15, 0.2) is 17.5 Å². The van der Waals surface area contributed by atoms with E-state index >= 15 is 0 Å². The molecule has 0 radical (unpaired) electrons. The fraction of sp³-hybridized carbons (Fsp3) is 0.677. The number of benzene rings is 1. The number of imidazole rings is 1. The molecule has 3 amide bonds. The van der Waals surface area contributed by atoms with Gasteiger partial charge in [-0.15, -0.1) is 0 Å². The molecule has 1 aromatic heterocycles. The van der Waals surface area contributed by atoms with Gasteiger partial charge in [-0.2, -0.15) is 0 Å². The highest BCUT2D eigenvalue weighted by Gasteiger charge is 2.42. The van der Waals surface area contributed by atoms with Crippen LogP contribution < -0.4 is 0 Å². The molecular weight excluding hydrogens is 560 g/mol. The summed E-state index contributed by atoms with van der Waals surface area (Å²) in [6.45, 7) is 12.3. The average molecular weight is 606 g/mol. The van der Waals surface area contributed by atoms with Gasteiger partial charge < -0.3 is 28.7 Å². The van der Waals surface area contributed by atoms with Gasteiger partial charge in [-0.3, -0.25) is 9.59 Å². The van der Waals surface area contributed by atoms with Gasteiger partial charge >= 0.3 is 6.09 Å². The molecule has 0 aliphatic carbocycles. The maximum absolute atomic E-state index is 14.4. The molecule has 2 fully saturated rings. The van der Waals surface area contributed by atoms with E-state index in [4.69, 9.17) is 9.47 Å². The summed E-state index contributed by atoms with van der Waals surface area (Å²) in [5, 5.41) is 0. The zero-order chi connectivity index (χ0) is 31.5. The normalized spacial score (nSPS) is 19.1. The zero-order valence-corrected chi connectivity index (χ0v) is 26.2. The number of piperidine rings is 1. The summed E-state index contributed by atoms with van der Waals surface area (Å²) in [4.78, 5) is 50.6. The maximum Gasteiger partial charge on any atom is 0.410 e. The molecule has 0 spiro atoms. The molecule has 1 aromatic carbocycles. The highest BCUT2D eigenvalue weighted by atomic mass is 19.2. The Morgan fingerprint density at radius 1 is 1.07 bits per heavy atom. The van der Waals surface area contributed by atoms with E-state index in [1.54, 1.807) is 42.2 Å². The van der Waals surface area contributed by atoms with E-state index in [0.29, 0.717) is 57.6 Å². The van der Waals surface area contributed by atoms with Crippen molar-refractivity contribution in [1.82, 2.24) is 24.3 Å². The molecule has 2 aromatic rings. The summed E-state index contributed by atoms with van der Waals surface area (Å²) in [5.74, 6) is -2.87. The van der Waals surface area contributed by atoms with Crippen LogP contribution in [0.4, 0.5) is 13.6 Å². The number of methoxy groups -OCH3 is 1. The van der Waals surface area contributed by atoms with Gasteiger partial charge in [-0.1, -0.05) is 13.8 Å². The standard InChI is InChI=1S/C31H45F2N5O5/c1-20(2)17-38(22-14-21(28(39)35-10-9-11-35)18-36(19-22)30(41)43-31(3,4)5)29(40)27-34-25-15-23(32)24(33)16-26(25)37(27)12-7-8-13-42-6/h15-16,20-22H,7-14,17-19H2,1-6H3/t21?,22-/m0/s1. The number of hydrogen-bond donors (Lipinski definition) is 0. The summed E-state index contributed by atoms with van der Waals surface area (Å²) in [6.07, 6.45) is 2.12. The molecule has 0 N–H and O–H groups in total. The second-order valence-corrected chi connectivity index (χ2v) is 13.0. The minimum Gasteiger partial charge on any atom is -0.444 e. The second-order valence-electron chi connectivity index (χ2n) is 13.0. The van der Waals surface area contributed by atoms with Crippen LogP contribution >= 0.6 is 0 Å². The number of ether oxygens (including phenoxy) is 2. The molecule has 3 heterocycles. The van der Waals surface area contributed by atoms with Crippen molar-refractivity contribution in [2.24, 2.45) is 11.8 Å². The van der Waals surface area contributed by atoms with Gasteiger partial charge in [0.1, 0.15) is 5.60 Å². The van der Waals surface area contributed by atoms with Crippen LogP contribution in [0.2, 0.25) is 0 Å². The first-order valence-corrected chi connectivity index (χ1v) is 15.2. The van der Waals surface area contributed by atoms with E-state index in [-0.39, 0.29) is 36.3 Å². The van der Waals surface area contributed by atoms with E-state index in [0.717, 1.165) is 18.6 Å². The summed E-state index contributed by atoms with van der Waals surface area (Å²) in [6, 6.07) is 1.58. The number of nitrogens with zero attached hydrogens (tertiary/aromatic N) is 5. The number of amides is 3. The molecule has 0 saturated carbocycles. The number of aryl methyl sites for hydroxylation is 1.